The molecule has 76 heavy (non-hydrogen) atoms. The third kappa shape index (κ3) is 16.3. The van der Waals surface area contributed by atoms with Crippen LogP contribution in [-0.4, -0.2) is 141 Å². The number of anilines is 4. The third-order valence-corrected chi connectivity index (χ3v) is 15.2. The average molecular weight is 1180 g/mol. The molecule has 5 aliphatic rings. The summed E-state index contributed by atoms with van der Waals surface area (Å²) in [6.45, 7) is 23.2. The molecule has 0 saturated carbocycles. The van der Waals surface area contributed by atoms with Gasteiger partial charge in [-0.05, 0) is 173 Å². The van der Waals surface area contributed by atoms with Gasteiger partial charge in [-0.2, -0.15) is 26.3 Å². The van der Waals surface area contributed by atoms with Crippen LogP contribution in [0.2, 0.25) is 0 Å². The molecule has 0 unspecified atom stereocenters. The molecular formula is C54H70BF6IN8O6. The number of morpholine rings is 2. The fraction of sp³-hybridized carbons (Fsp3) is 0.556. The third-order valence-electron chi connectivity index (χ3n) is 14.5. The summed E-state index contributed by atoms with van der Waals surface area (Å²) in [6, 6.07) is 18.6. The summed E-state index contributed by atoms with van der Waals surface area (Å²) in [7, 11) is -0.556. The number of likely N-dealkylation sites (tertiary alicyclic amines) is 2. The number of alkyl halides is 6. The number of nitrogens with zero attached hydrogens (tertiary/aromatic N) is 6. The Labute approximate surface area is 456 Å². The summed E-state index contributed by atoms with van der Waals surface area (Å²) >= 11 is 2.33. The van der Waals surface area contributed by atoms with E-state index < -0.39 is 61.4 Å². The van der Waals surface area contributed by atoms with Crippen LogP contribution in [0.4, 0.5) is 58.9 Å². The first kappa shape index (κ1) is 58.8. The van der Waals surface area contributed by atoms with E-state index in [1.165, 1.54) is 13.4 Å². The maximum atomic E-state index is 12.7. The number of nitrogens with one attached hydrogen (secondary N) is 2. The van der Waals surface area contributed by atoms with Crippen LogP contribution in [0, 0.1) is 43.1 Å². The zero-order valence-corrected chi connectivity index (χ0v) is 46.8. The zero-order chi connectivity index (χ0) is 55.2. The zero-order valence-electron chi connectivity index (χ0n) is 44.6. The van der Waals surface area contributed by atoms with Crippen molar-refractivity contribution in [1.82, 2.24) is 19.8 Å². The lowest BCUT2D eigenvalue weighted by molar-refractivity contribution is -0.144. The van der Waals surface area contributed by atoms with Gasteiger partial charge < -0.3 is 49.0 Å². The summed E-state index contributed by atoms with van der Waals surface area (Å²) in [5, 5.41) is 5.65. The molecule has 0 spiro atoms. The summed E-state index contributed by atoms with van der Waals surface area (Å²) < 4.78 is 99.9. The minimum absolute atomic E-state index is 0.112. The normalized spacial score (nSPS) is 20.4. The Hall–Kier alpha value is -4.91. The number of halogens is 7. The SMILES string of the molecule is Cc1cc(-c2cc(NC(=O)N3CC[C@@H](CC(F)(F)F)C3)ccc2C)cc(N2CCOCC2)n1.Cc1cc(I)cc(N2CCOCC2)n1.Cc1ccc(NC(=O)N2CC[C@@H](CC(F)(F)F)C2)cc1B1OC(C)(C)C(C)(C)O1. The fourth-order valence-electron chi connectivity index (χ4n) is 9.71. The van der Waals surface area contributed by atoms with E-state index in [-0.39, 0.29) is 19.1 Å². The predicted molar refractivity (Wildman–Crippen MR) is 293 cm³/mol. The highest BCUT2D eigenvalue weighted by Gasteiger charge is 2.52. The van der Waals surface area contributed by atoms with Gasteiger partial charge in [0.15, 0.2) is 0 Å². The van der Waals surface area contributed by atoms with Crippen molar-refractivity contribution in [3.8, 4) is 11.1 Å². The lowest BCUT2D eigenvalue weighted by Crippen LogP contribution is -2.41. The molecule has 5 aliphatic heterocycles. The van der Waals surface area contributed by atoms with Gasteiger partial charge in [0.25, 0.3) is 0 Å². The van der Waals surface area contributed by atoms with Crippen molar-refractivity contribution >= 4 is 70.2 Å². The molecule has 9 rings (SSSR count). The van der Waals surface area contributed by atoms with E-state index in [0.29, 0.717) is 50.5 Å². The van der Waals surface area contributed by atoms with Crippen molar-refractivity contribution in [1.29, 1.82) is 0 Å². The molecule has 7 heterocycles. The second-order valence-electron chi connectivity index (χ2n) is 21.2. The number of rotatable bonds is 8. The molecule has 2 aromatic heterocycles. The van der Waals surface area contributed by atoms with Crippen LogP contribution in [0.3, 0.4) is 0 Å². The monoisotopic (exact) mass is 1180 g/mol. The smallest absolute Gasteiger partial charge is 0.399 e. The summed E-state index contributed by atoms with van der Waals surface area (Å²) in [6.07, 6.45) is -9.38. The number of pyridine rings is 2. The number of ether oxygens (including phenoxy) is 2. The molecule has 4 amide bonds. The molecule has 4 aromatic rings. The second kappa shape index (κ2) is 24.8. The predicted octanol–water partition coefficient (Wildman–Crippen LogP) is 10.9. The average Bonchev–Trinajstić information content (AvgIpc) is 4.08. The molecule has 414 valence electrons. The van der Waals surface area contributed by atoms with Crippen LogP contribution < -0.4 is 25.9 Å². The van der Waals surface area contributed by atoms with E-state index in [1.54, 1.807) is 12.1 Å². The van der Waals surface area contributed by atoms with Crippen LogP contribution in [0.25, 0.3) is 11.1 Å². The molecule has 2 N–H and O–H groups in total. The van der Waals surface area contributed by atoms with E-state index in [0.717, 1.165) is 90.1 Å². The molecule has 0 radical (unpaired) electrons. The Morgan fingerprint density at radius 1 is 0.632 bits per heavy atom. The number of amides is 4. The quantitative estimate of drug-likeness (QED) is 0.0998. The highest BCUT2D eigenvalue weighted by molar-refractivity contribution is 14.1. The number of benzene rings is 2. The number of hydrogen-bond acceptors (Lipinski definition) is 10. The van der Waals surface area contributed by atoms with Gasteiger partial charge in [-0.25, -0.2) is 19.6 Å². The second-order valence-corrected chi connectivity index (χ2v) is 22.5. The van der Waals surface area contributed by atoms with Crippen molar-refractivity contribution in [2.75, 3.05) is 99.2 Å². The van der Waals surface area contributed by atoms with Crippen molar-refractivity contribution < 1.29 is 54.7 Å². The first-order valence-electron chi connectivity index (χ1n) is 25.8. The molecule has 22 heteroatoms. The Bertz CT molecular complexity index is 2620. The largest absolute Gasteiger partial charge is 0.495 e. The molecule has 5 fully saturated rings. The Morgan fingerprint density at radius 2 is 1.08 bits per heavy atom. The van der Waals surface area contributed by atoms with Crippen LogP contribution in [0.5, 0.6) is 0 Å². The summed E-state index contributed by atoms with van der Waals surface area (Å²) in [5.74, 6) is 0.898. The summed E-state index contributed by atoms with van der Waals surface area (Å²) in [5.41, 5.74) is 7.01. The fourth-order valence-corrected chi connectivity index (χ4v) is 10.4. The highest BCUT2D eigenvalue weighted by Crippen LogP contribution is 2.38. The number of hydrogen-bond donors (Lipinski definition) is 2. The van der Waals surface area contributed by atoms with Crippen molar-refractivity contribution in [2.45, 2.75) is 105 Å². The van der Waals surface area contributed by atoms with Crippen molar-refractivity contribution in [2.24, 2.45) is 11.8 Å². The molecule has 0 bridgehead atoms. The lowest BCUT2D eigenvalue weighted by atomic mass is 9.76. The Morgan fingerprint density at radius 3 is 1.55 bits per heavy atom. The Balaban J connectivity index is 0.000000178. The maximum absolute atomic E-state index is 12.7. The first-order valence-corrected chi connectivity index (χ1v) is 26.9. The maximum Gasteiger partial charge on any atom is 0.495 e. The van der Waals surface area contributed by atoms with E-state index >= 15 is 0 Å². The van der Waals surface area contributed by atoms with Gasteiger partial charge in [0.05, 0.1) is 37.6 Å². The van der Waals surface area contributed by atoms with Crippen LogP contribution in [0.1, 0.15) is 75.9 Å². The van der Waals surface area contributed by atoms with Gasteiger partial charge in [0.2, 0.25) is 0 Å². The van der Waals surface area contributed by atoms with Crippen molar-refractivity contribution in [3.63, 3.8) is 0 Å². The highest BCUT2D eigenvalue weighted by atomic mass is 127. The van der Waals surface area contributed by atoms with Crippen LogP contribution in [0.15, 0.2) is 60.7 Å². The molecule has 2 aromatic carbocycles. The molecule has 0 aliphatic carbocycles. The topological polar surface area (TPSA) is 134 Å². The van der Waals surface area contributed by atoms with E-state index in [4.69, 9.17) is 18.8 Å². The van der Waals surface area contributed by atoms with Crippen LogP contribution in [-0.2, 0) is 18.8 Å². The molecule has 5 saturated heterocycles. The molecule has 2 atom stereocenters. The van der Waals surface area contributed by atoms with Gasteiger partial charge in [-0.1, -0.05) is 17.7 Å². The van der Waals surface area contributed by atoms with Crippen molar-refractivity contribution in [3.05, 3.63) is 86.7 Å². The first-order chi connectivity index (χ1) is 35.7. The minimum atomic E-state index is -4.20. The lowest BCUT2D eigenvalue weighted by Gasteiger charge is -2.32. The van der Waals surface area contributed by atoms with Gasteiger partial charge in [-0.15, -0.1) is 0 Å². The summed E-state index contributed by atoms with van der Waals surface area (Å²) in [4.78, 5) is 41.8. The van der Waals surface area contributed by atoms with Gasteiger partial charge >= 0.3 is 31.5 Å². The molecular weight excluding hydrogens is 1110 g/mol. The van der Waals surface area contributed by atoms with E-state index in [2.05, 4.69) is 71.2 Å². The number of carbonyl (C=O) groups excluding carboxylic acids is 2. The number of carbonyl (C=O) groups is 2. The van der Waals surface area contributed by atoms with Gasteiger partial charge in [0, 0.05) is 91.5 Å². The van der Waals surface area contributed by atoms with E-state index in [1.807, 2.05) is 85.7 Å². The number of aromatic nitrogens is 2. The van der Waals surface area contributed by atoms with Gasteiger partial charge in [0.1, 0.15) is 11.6 Å². The number of urea groups is 2. The van der Waals surface area contributed by atoms with E-state index in [9.17, 15) is 35.9 Å². The standard InChI is InChI=1S/C24H29F3N4O2.C20H28BF3N2O3.C10H13IN2O/c1-16-3-4-20(29-23(32)31-6-5-18(15-31)14-24(25,26)27)13-21(16)19-11-17(2)28-22(12-19)30-7-9-33-10-8-30;1-13-6-7-15(10-16(13)21-28-18(2,3)19(4,5)29-21)25-17(27)26-9-8-14(12-26)11-20(22,23)24;1-8-6-9(11)7-10(12-8)13-2-4-14-5-3-13/h3-4,11-13,18H,5-10,14-15H2,1-2H3,(H,29,32);6-7,10,14H,8-9,11-12H2,1-5H3,(H,25,27);6-7H,2-5H2,1H3/t18-;14-;/m00./s1. The van der Waals surface area contributed by atoms with Gasteiger partial charge in [-0.3, -0.25) is 0 Å². The Kier molecular flexibility index (Phi) is 19.2. The van der Waals surface area contributed by atoms with Crippen LogP contribution >= 0.6 is 22.6 Å². The number of aryl methyl sites for hydroxylation is 4. The minimum Gasteiger partial charge on any atom is -0.399 e. The molecule has 14 nitrogen and oxygen atoms in total.